The number of anilines is 1. The van der Waals surface area contributed by atoms with E-state index in [9.17, 15) is 4.79 Å². The van der Waals surface area contributed by atoms with Gasteiger partial charge in [0.25, 0.3) is 0 Å². The summed E-state index contributed by atoms with van der Waals surface area (Å²) in [5, 5.41) is 6.75. The summed E-state index contributed by atoms with van der Waals surface area (Å²) >= 11 is 5.79. The van der Waals surface area contributed by atoms with Crippen LogP contribution in [-0.2, 0) is 4.79 Å². The van der Waals surface area contributed by atoms with E-state index >= 15 is 0 Å². The van der Waals surface area contributed by atoms with Crippen molar-refractivity contribution in [3.63, 3.8) is 0 Å². The van der Waals surface area contributed by atoms with Gasteiger partial charge in [-0.1, -0.05) is 18.5 Å². The van der Waals surface area contributed by atoms with Gasteiger partial charge in [0, 0.05) is 16.8 Å². The van der Waals surface area contributed by atoms with Crippen LogP contribution in [0.5, 0.6) is 0 Å². The van der Waals surface area contributed by atoms with Crippen LogP contribution in [0.15, 0.2) is 24.3 Å². The highest BCUT2D eigenvalue weighted by Crippen LogP contribution is 2.14. The molecule has 2 unspecified atom stereocenters. The standard InChI is InChI=1S/C13H19ClN2O/c1-4-9(2)15-13(17)10(3)16-12-7-5-11(14)6-8-12/h5-10,16H,4H2,1-3H3,(H,15,17). The molecule has 94 valence electrons. The first kappa shape index (κ1) is 13.8. The third kappa shape index (κ3) is 4.65. The van der Waals surface area contributed by atoms with Crippen LogP contribution in [0.1, 0.15) is 27.2 Å². The second kappa shape index (κ2) is 6.50. The molecule has 0 aliphatic heterocycles. The van der Waals surface area contributed by atoms with Gasteiger partial charge in [0.1, 0.15) is 6.04 Å². The summed E-state index contributed by atoms with van der Waals surface area (Å²) in [5.74, 6) is 0.00861. The fourth-order valence-electron chi connectivity index (χ4n) is 1.33. The van der Waals surface area contributed by atoms with Gasteiger partial charge < -0.3 is 10.6 Å². The molecular weight excluding hydrogens is 236 g/mol. The van der Waals surface area contributed by atoms with E-state index in [4.69, 9.17) is 11.6 Å². The molecule has 0 bridgehead atoms. The molecule has 0 spiro atoms. The molecule has 1 aromatic carbocycles. The van der Waals surface area contributed by atoms with Crippen molar-refractivity contribution in [2.75, 3.05) is 5.32 Å². The highest BCUT2D eigenvalue weighted by atomic mass is 35.5. The van der Waals surface area contributed by atoms with E-state index in [1.165, 1.54) is 0 Å². The van der Waals surface area contributed by atoms with Crippen LogP contribution in [0.25, 0.3) is 0 Å². The Hall–Kier alpha value is -1.22. The lowest BCUT2D eigenvalue weighted by atomic mass is 10.2. The number of nitrogens with one attached hydrogen (secondary N) is 2. The number of hydrogen-bond donors (Lipinski definition) is 2. The van der Waals surface area contributed by atoms with Crippen molar-refractivity contribution >= 4 is 23.2 Å². The molecule has 1 amide bonds. The minimum absolute atomic E-state index is 0.00861. The first-order valence-corrected chi connectivity index (χ1v) is 6.23. The summed E-state index contributed by atoms with van der Waals surface area (Å²) in [7, 11) is 0. The second-order valence-electron chi connectivity index (χ2n) is 4.19. The maximum Gasteiger partial charge on any atom is 0.242 e. The van der Waals surface area contributed by atoms with Crippen molar-refractivity contribution in [1.29, 1.82) is 0 Å². The van der Waals surface area contributed by atoms with Crippen molar-refractivity contribution in [1.82, 2.24) is 5.32 Å². The predicted octanol–water partition coefficient (Wildman–Crippen LogP) is 3.06. The van der Waals surface area contributed by atoms with E-state index in [0.717, 1.165) is 12.1 Å². The molecule has 17 heavy (non-hydrogen) atoms. The Balaban J connectivity index is 2.51. The maximum absolute atomic E-state index is 11.8. The quantitative estimate of drug-likeness (QED) is 0.848. The first-order valence-electron chi connectivity index (χ1n) is 5.85. The molecule has 0 saturated carbocycles. The maximum atomic E-state index is 11.8. The Bertz CT molecular complexity index is 364. The van der Waals surface area contributed by atoms with Crippen LogP contribution in [0.2, 0.25) is 5.02 Å². The van der Waals surface area contributed by atoms with Crippen molar-refractivity contribution in [2.24, 2.45) is 0 Å². The lowest BCUT2D eigenvalue weighted by Gasteiger charge is -2.18. The average Bonchev–Trinajstić information content (AvgIpc) is 2.31. The zero-order chi connectivity index (χ0) is 12.8. The molecule has 2 atom stereocenters. The highest BCUT2D eigenvalue weighted by Gasteiger charge is 2.13. The summed E-state index contributed by atoms with van der Waals surface area (Å²) in [6, 6.07) is 7.25. The number of hydrogen-bond acceptors (Lipinski definition) is 2. The SMILES string of the molecule is CCC(C)NC(=O)C(C)Nc1ccc(Cl)cc1. The molecule has 2 N–H and O–H groups in total. The Morgan fingerprint density at radius 3 is 2.41 bits per heavy atom. The minimum atomic E-state index is -0.259. The summed E-state index contributed by atoms with van der Waals surface area (Å²) in [4.78, 5) is 11.8. The first-order chi connectivity index (χ1) is 8.02. The fourth-order valence-corrected chi connectivity index (χ4v) is 1.46. The predicted molar refractivity (Wildman–Crippen MR) is 72.4 cm³/mol. The molecule has 3 nitrogen and oxygen atoms in total. The lowest BCUT2D eigenvalue weighted by Crippen LogP contribution is -2.41. The van der Waals surface area contributed by atoms with E-state index in [1.807, 2.05) is 32.9 Å². The molecule has 0 aromatic heterocycles. The lowest BCUT2D eigenvalue weighted by molar-refractivity contribution is -0.122. The van der Waals surface area contributed by atoms with Gasteiger partial charge in [-0.05, 0) is 44.5 Å². The van der Waals surface area contributed by atoms with Crippen LogP contribution < -0.4 is 10.6 Å². The van der Waals surface area contributed by atoms with Gasteiger partial charge in [0.2, 0.25) is 5.91 Å². The Morgan fingerprint density at radius 1 is 1.29 bits per heavy atom. The molecule has 0 saturated heterocycles. The fraction of sp³-hybridized carbons (Fsp3) is 0.462. The van der Waals surface area contributed by atoms with Crippen molar-refractivity contribution in [2.45, 2.75) is 39.3 Å². The molecule has 1 aromatic rings. The summed E-state index contributed by atoms with van der Waals surface area (Å²) in [6.07, 6.45) is 0.930. The Morgan fingerprint density at radius 2 is 1.88 bits per heavy atom. The Labute approximate surface area is 108 Å². The molecule has 1 rings (SSSR count). The van der Waals surface area contributed by atoms with Crippen LogP contribution in [-0.4, -0.2) is 18.0 Å². The largest absolute Gasteiger partial charge is 0.374 e. The van der Waals surface area contributed by atoms with Crippen molar-refractivity contribution in [3.05, 3.63) is 29.3 Å². The zero-order valence-electron chi connectivity index (χ0n) is 10.5. The van der Waals surface area contributed by atoms with E-state index in [2.05, 4.69) is 10.6 Å². The van der Waals surface area contributed by atoms with E-state index in [0.29, 0.717) is 5.02 Å². The molecule has 0 aliphatic rings. The number of benzene rings is 1. The monoisotopic (exact) mass is 254 g/mol. The summed E-state index contributed by atoms with van der Waals surface area (Å²) in [5.41, 5.74) is 0.890. The van der Waals surface area contributed by atoms with Gasteiger partial charge in [-0.15, -0.1) is 0 Å². The van der Waals surface area contributed by atoms with E-state index < -0.39 is 0 Å². The molecule has 0 aliphatic carbocycles. The number of amides is 1. The normalized spacial score (nSPS) is 13.9. The molecule has 0 radical (unpaired) electrons. The highest BCUT2D eigenvalue weighted by molar-refractivity contribution is 6.30. The van der Waals surface area contributed by atoms with Crippen molar-refractivity contribution in [3.8, 4) is 0 Å². The molecule has 0 heterocycles. The molecular formula is C13H19ClN2O. The summed E-state index contributed by atoms with van der Waals surface area (Å²) in [6.45, 7) is 5.88. The zero-order valence-corrected chi connectivity index (χ0v) is 11.2. The van der Waals surface area contributed by atoms with Crippen LogP contribution in [0.4, 0.5) is 5.69 Å². The molecule has 0 fully saturated rings. The second-order valence-corrected chi connectivity index (χ2v) is 4.63. The third-order valence-electron chi connectivity index (χ3n) is 2.62. The van der Waals surface area contributed by atoms with Gasteiger partial charge in [-0.2, -0.15) is 0 Å². The minimum Gasteiger partial charge on any atom is -0.374 e. The van der Waals surface area contributed by atoms with Crippen molar-refractivity contribution < 1.29 is 4.79 Å². The van der Waals surface area contributed by atoms with E-state index in [-0.39, 0.29) is 18.0 Å². The number of rotatable bonds is 5. The third-order valence-corrected chi connectivity index (χ3v) is 2.87. The summed E-state index contributed by atoms with van der Waals surface area (Å²) < 4.78 is 0. The van der Waals surface area contributed by atoms with Crippen LogP contribution in [0.3, 0.4) is 0 Å². The van der Waals surface area contributed by atoms with Gasteiger partial charge in [0.05, 0.1) is 0 Å². The number of halogens is 1. The number of carbonyl (C=O) groups excluding carboxylic acids is 1. The van der Waals surface area contributed by atoms with E-state index in [1.54, 1.807) is 12.1 Å². The smallest absolute Gasteiger partial charge is 0.242 e. The van der Waals surface area contributed by atoms with Gasteiger partial charge in [0.15, 0.2) is 0 Å². The van der Waals surface area contributed by atoms with Gasteiger partial charge >= 0.3 is 0 Å². The topological polar surface area (TPSA) is 41.1 Å². The van der Waals surface area contributed by atoms with Gasteiger partial charge in [-0.3, -0.25) is 4.79 Å². The average molecular weight is 255 g/mol. The van der Waals surface area contributed by atoms with Gasteiger partial charge in [-0.25, -0.2) is 0 Å². The molecule has 4 heteroatoms. The number of carbonyl (C=O) groups is 1. The van der Waals surface area contributed by atoms with Crippen LogP contribution in [0, 0.1) is 0 Å². The van der Waals surface area contributed by atoms with Crippen LogP contribution >= 0.6 is 11.6 Å². The Kier molecular flexibility index (Phi) is 5.29.